The second-order valence-electron chi connectivity index (χ2n) is 6.37. The van der Waals surface area contributed by atoms with Gasteiger partial charge in [0.1, 0.15) is 0 Å². The van der Waals surface area contributed by atoms with Gasteiger partial charge in [-0.3, -0.25) is 4.79 Å². The van der Waals surface area contributed by atoms with Crippen LogP contribution in [0, 0.1) is 6.92 Å². The molecule has 140 valence electrons. The zero-order chi connectivity index (χ0) is 18.9. The Kier molecular flexibility index (Phi) is 5.27. The Balaban J connectivity index is 1.66. The van der Waals surface area contributed by atoms with Gasteiger partial charge in [-0.25, -0.2) is 0 Å². The first-order valence-electron chi connectivity index (χ1n) is 8.60. The number of anilines is 1. The quantitative estimate of drug-likeness (QED) is 0.775. The van der Waals surface area contributed by atoms with Gasteiger partial charge < -0.3 is 9.80 Å². The molecule has 26 heavy (non-hydrogen) atoms. The Morgan fingerprint density at radius 3 is 2.42 bits per heavy atom. The van der Waals surface area contributed by atoms with Gasteiger partial charge in [0.2, 0.25) is 0 Å². The highest BCUT2D eigenvalue weighted by Crippen LogP contribution is 2.32. The molecule has 0 saturated carbocycles. The van der Waals surface area contributed by atoms with Gasteiger partial charge in [0.25, 0.3) is 5.91 Å². The molecule has 1 aromatic carbocycles. The van der Waals surface area contributed by atoms with Crippen LogP contribution in [0.4, 0.5) is 18.9 Å². The Bertz CT molecular complexity index is 792. The Labute approximate surface area is 155 Å². The van der Waals surface area contributed by atoms with E-state index in [9.17, 15) is 18.0 Å². The van der Waals surface area contributed by atoms with Crippen molar-refractivity contribution in [2.75, 3.05) is 31.1 Å². The van der Waals surface area contributed by atoms with E-state index in [2.05, 4.69) is 6.92 Å². The van der Waals surface area contributed by atoms with Crippen LogP contribution in [-0.2, 0) is 12.6 Å². The van der Waals surface area contributed by atoms with Crippen molar-refractivity contribution in [3.05, 3.63) is 51.2 Å². The number of thiophene rings is 1. The largest absolute Gasteiger partial charge is 0.416 e. The van der Waals surface area contributed by atoms with Gasteiger partial charge >= 0.3 is 6.18 Å². The van der Waals surface area contributed by atoms with Crippen LogP contribution < -0.4 is 4.90 Å². The molecule has 3 rings (SSSR count). The van der Waals surface area contributed by atoms with Crippen molar-refractivity contribution < 1.29 is 18.0 Å². The standard InChI is InChI=1S/C19H21F3N2OS/c1-3-14-11-17(26-13(14)2)18(25)24-9-7-23(8-10-24)16-6-4-5-15(12-16)19(20,21)22/h4-6,11-12H,3,7-10H2,1-2H3. The molecule has 0 unspecified atom stereocenters. The van der Waals surface area contributed by atoms with Gasteiger partial charge in [0.15, 0.2) is 0 Å². The Hall–Kier alpha value is -2.02. The Morgan fingerprint density at radius 1 is 1.15 bits per heavy atom. The third-order valence-electron chi connectivity index (χ3n) is 4.72. The van der Waals surface area contributed by atoms with E-state index < -0.39 is 11.7 Å². The highest BCUT2D eigenvalue weighted by atomic mass is 32.1. The number of hydrogen-bond acceptors (Lipinski definition) is 3. The number of carbonyl (C=O) groups is 1. The molecule has 1 amide bonds. The van der Waals surface area contributed by atoms with Crippen LogP contribution in [0.15, 0.2) is 30.3 Å². The highest BCUT2D eigenvalue weighted by Gasteiger charge is 2.31. The second-order valence-corrected chi connectivity index (χ2v) is 7.63. The lowest BCUT2D eigenvalue weighted by Crippen LogP contribution is -2.48. The molecule has 0 aliphatic carbocycles. The average Bonchev–Trinajstić information content (AvgIpc) is 3.01. The normalized spacial score (nSPS) is 15.4. The number of piperazine rings is 1. The van der Waals surface area contributed by atoms with Crippen molar-refractivity contribution in [2.45, 2.75) is 26.4 Å². The first-order valence-corrected chi connectivity index (χ1v) is 9.42. The summed E-state index contributed by atoms with van der Waals surface area (Å²) in [5.41, 5.74) is 1.10. The second kappa shape index (κ2) is 7.31. The maximum Gasteiger partial charge on any atom is 0.416 e. The van der Waals surface area contributed by atoms with E-state index >= 15 is 0 Å². The highest BCUT2D eigenvalue weighted by molar-refractivity contribution is 7.14. The third kappa shape index (κ3) is 3.87. The van der Waals surface area contributed by atoms with Crippen LogP contribution in [0.5, 0.6) is 0 Å². The van der Waals surface area contributed by atoms with E-state index in [1.165, 1.54) is 33.9 Å². The summed E-state index contributed by atoms with van der Waals surface area (Å²) in [5, 5.41) is 0. The molecule has 1 aliphatic rings. The third-order valence-corrected chi connectivity index (χ3v) is 5.80. The number of aryl methyl sites for hydroxylation is 2. The van der Waals surface area contributed by atoms with Gasteiger partial charge in [0.05, 0.1) is 10.4 Å². The number of hydrogen-bond donors (Lipinski definition) is 0. The van der Waals surface area contributed by atoms with Crippen molar-refractivity contribution in [3.63, 3.8) is 0 Å². The molecule has 1 aliphatic heterocycles. The zero-order valence-electron chi connectivity index (χ0n) is 14.8. The summed E-state index contributed by atoms with van der Waals surface area (Å²) in [4.78, 5) is 18.3. The Morgan fingerprint density at radius 2 is 1.85 bits per heavy atom. The van der Waals surface area contributed by atoms with Gasteiger partial charge in [-0.2, -0.15) is 13.2 Å². The first kappa shape index (κ1) is 18.8. The first-order chi connectivity index (χ1) is 12.3. The molecular weight excluding hydrogens is 361 g/mol. The van der Waals surface area contributed by atoms with Gasteiger partial charge in [0, 0.05) is 36.7 Å². The van der Waals surface area contributed by atoms with Crippen molar-refractivity contribution in [2.24, 2.45) is 0 Å². The van der Waals surface area contributed by atoms with E-state index in [0.717, 1.165) is 17.4 Å². The van der Waals surface area contributed by atoms with Crippen LogP contribution in [0.25, 0.3) is 0 Å². The number of alkyl halides is 3. The predicted molar refractivity (Wildman–Crippen MR) is 98.0 cm³/mol. The van der Waals surface area contributed by atoms with Gasteiger partial charge in [-0.15, -0.1) is 11.3 Å². The number of carbonyl (C=O) groups excluding carboxylic acids is 1. The molecule has 3 nitrogen and oxygen atoms in total. The smallest absolute Gasteiger partial charge is 0.368 e. The average molecular weight is 382 g/mol. The van der Waals surface area contributed by atoms with E-state index in [0.29, 0.717) is 31.9 Å². The molecule has 1 fully saturated rings. The van der Waals surface area contributed by atoms with Gasteiger partial charge in [-0.05, 0) is 43.2 Å². The predicted octanol–water partition coefficient (Wildman–Crippen LogP) is 4.60. The van der Waals surface area contributed by atoms with E-state index in [4.69, 9.17) is 0 Å². The summed E-state index contributed by atoms with van der Waals surface area (Å²) < 4.78 is 38.7. The van der Waals surface area contributed by atoms with Gasteiger partial charge in [-0.1, -0.05) is 13.0 Å². The minimum Gasteiger partial charge on any atom is -0.368 e. The maximum atomic E-state index is 12.9. The lowest BCUT2D eigenvalue weighted by molar-refractivity contribution is -0.137. The minimum absolute atomic E-state index is 0.0153. The molecule has 0 radical (unpaired) electrons. The molecule has 1 saturated heterocycles. The number of amides is 1. The summed E-state index contributed by atoms with van der Waals surface area (Å²) in [6, 6.07) is 7.32. The van der Waals surface area contributed by atoms with E-state index in [1.54, 1.807) is 11.0 Å². The van der Waals surface area contributed by atoms with E-state index in [1.807, 2.05) is 17.9 Å². The van der Waals surface area contributed by atoms with Crippen molar-refractivity contribution >= 4 is 22.9 Å². The topological polar surface area (TPSA) is 23.6 Å². The molecule has 0 atom stereocenters. The minimum atomic E-state index is -4.35. The fourth-order valence-electron chi connectivity index (χ4n) is 3.18. The number of nitrogens with zero attached hydrogens (tertiary/aromatic N) is 2. The molecule has 1 aromatic heterocycles. The van der Waals surface area contributed by atoms with Crippen LogP contribution in [0.3, 0.4) is 0 Å². The van der Waals surface area contributed by atoms with Crippen LogP contribution in [0.1, 0.15) is 32.6 Å². The lowest BCUT2D eigenvalue weighted by atomic mass is 10.1. The van der Waals surface area contributed by atoms with Crippen LogP contribution in [0.2, 0.25) is 0 Å². The molecule has 0 spiro atoms. The SMILES string of the molecule is CCc1cc(C(=O)N2CCN(c3cccc(C(F)(F)F)c3)CC2)sc1C. The molecule has 7 heteroatoms. The summed E-state index contributed by atoms with van der Waals surface area (Å²) in [6.45, 7) is 6.15. The monoisotopic (exact) mass is 382 g/mol. The molecule has 2 aromatic rings. The van der Waals surface area contributed by atoms with E-state index in [-0.39, 0.29) is 5.91 Å². The molecular formula is C19H21F3N2OS. The summed E-state index contributed by atoms with van der Waals surface area (Å²) in [5.74, 6) is 0.0153. The zero-order valence-corrected chi connectivity index (χ0v) is 15.6. The fraction of sp³-hybridized carbons (Fsp3) is 0.421. The van der Waals surface area contributed by atoms with Crippen molar-refractivity contribution in [1.82, 2.24) is 4.90 Å². The summed E-state index contributed by atoms with van der Waals surface area (Å²) in [6.07, 6.45) is -3.44. The van der Waals surface area contributed by atoms with Crippen molar-refractivity contribution in [1.29, 1.82) is 0 Å². The van der Waals surface area contributed by atoms with Crippen molar-refractivity contribution in [3.8, 4) is 0 Å². The maximum absolute atomic E-state index is 12.9. The fourth-order valence-corrected chi connectivity index (χ4v) is 4.26. The van der Waals surface area contributed by atoms with Crippen LogP contribution in [-0.4, -0.2) is 37.0 Å². The number of benzene rings is 1. The molecule has 0 bridgehead atoms. The summed E-state index contributed by atoms with van der Waals surface area (Å²) >= 11 is 1.51. The van der Waals surface area contributed by atoms with Crippen LogP contribution >= 0.6 is 11.3 Å². The molecule has 0 N–H and O–H groups in total. The number of halogens is 3. The number of rotatable bonds is 3. The summed E-state index contributed by atoms with van der Waals surface area (Å²) in [7, 11) is 0. The lowest BCUT2D eigenvalue weighted by Gasteiger charge is -2.36. The molecule has 2 heterocycles.